The van der Waals surface area contributed by atoms with Crippen molar-refractivity contribution in [2.24, 2.45) is 0 Å². The smallest absolute Gasteiger partial charge is 0.183 e. The van der Waals surface area contributed by atoms with Gasteiger partial charge in [0.2, 0.25) is 0 Å². The van der Waals surface area contributed by atoms with Gasteiger partial charge in [-0.15, -0.1) is 0 Å². The lowest BCUT2D eigenvalue weighted by Crippen LogP contribution is -2.09. The van der Waals surface area contributed by atoms with Crippen molar-refractivity contribution < 1.29 is 14.2 Å². The Morgan fingerprint density at radius 2 is 1.71 bits per heavy atom. The first kappa shape index (κ1) is 14.2. The maximum Gasteiger partial charge on any atom is 0.183 e. The van der Waals surface area contributed by atoms with E-state index in [1.54, 1.807) is 0 Å². The molecular weight excluding hydrogens is 216 g/mol. The Balaban J connectivity index is 2.72. The number of benzene rings is 1. The van der Waals surface area contributed by atoms with Crippen LogP contribution in [0.3, 0.4) is 0 Å². The fourth-order valence-corrected chi connectivity index (χ4v) is 1.59. The van der Waals surface area contributed by atoms with Crippen molar-refractivity contribution in [2.75, 3.05) is 19.8 Å². The zero-order chi connectivity index (χ0) is 12.5. The number of rotatable bonds is 8. The molecule has 1 rings (SSSR count). The molecule has 0 aliphatic rings. The molecule has 0 aliphatic heterocycles. The van der Waals surface area contributed by atoms with Crippen molar-refractivity contribution in [3.63, 3.8) is 0 Å². The summed E-state index contributed by atoms with van der Waals surface area (Å²) < 4.78 is 16.5. The molecule has 0 saturated carbocycles. The van der Waals surface area contributed by atoms with Gasteiger partial charge in [0.15, 0.2) is 6.29 Å². The van der Waals surface area contributed by atoms with Gasteiger partial charge >= 0.3 is 0 Å². The van der Waals surface area contributed by atoms with Gasteiger partial charge in [0.25, 0.3) is 0 Å². The summed E-state index contributed by atoms with van der Waals surface area (Å²) >= 11 is 0. The van der Waals surface area contributed by atoms with Crippen molar-refractivity contribution in [3.8, 4) is 0 Å². The second-order valence-corrected chi connectivity index (χ2v) is 3.62. The van der Waals surface area contributed by atoms with E-state index in [-0.39, 0.29) is 6.29 Å². The second kappa shape index (κ2) is 8.23. The van der Waals surface area contributed by atoms with Gasteiger partial charge in [-0.3, -0.25) is 0 Å². The number of hydrogen-bond acceptors (Lipinski definition) is 3. The summed E-state index contributed by atoms with van der Waals surface area (Å²) in [5.74, 6) is 0. The van der Waals surface area contributed by atoms with Gasteiger partial charge in [-0.05, 0) is 32.4 Å². The molecule has 0 N–H and O–H groups in total. The molecule has 96 valence electrons. The zero-order valence-electron chi connectivity index (χ0n) is 10.9. The van der Waals surface area contributed by atoms with Crippen LogP contribution < -0.4 is 0 Å². The van der Waals surface area contributed by atoms with E-state index in [9.17, 15) is 0 Å². The summed E-state index contributed by atoms with van der Waals surface area (Å²) in [7, 11) is 0. The molecule has 0 bridgehead atoms. The summed E-state index contributed by atoms with van der Waals surface area (Å²) in [6.07, 6.45) is -0.272. The molecule has 0 unspecified atom stereocenters. The first-order valence-electron chi connectivity index (χ1n) is 6.21. The van der Waals surface area contributed by atoms with Crippen LogP contribution >= 0.6 is 0 Å². The minimum atomic E-state index is -0.272. The van der Waals surface area contributed by atoms with Gasteiger partial charge in [-0.2, -0.15) is 0 Å². The van der Waals surface area contributed by atoms with Crippen molar-refractivity contribution in [2.45, 2.75) is 33.7 Å². The molecule has 1 aromatic rings. The van der Waals surface area contributed by atoms with Crippen LogP contribution in [0.15, 0.2) is 24.3 Å². The molecule has 0 aromatic heterocycles. The van der Waals surface area contributed by atoms with Crippen LogP contribution in [0.2, 0.25) is 0 Å². The lowest BCUT2D eigenvalue weighted by Gasteiger charge is -2.17. The molecule has 0 aliphatic carbocycles. The first-order valence-corrected chi connectivity index (χ1v) is 6.21. The monoisotopic (exact) mass is 238 g/mol. The Hall–Kier alpha value is -0.900. The lowest BCUT2D eigenvalue weighted by molar-refractivity contribution is -0.140. The minimum Gasteiger partial charge on any atom is -0.377 e. The molecule has 0 heterocycles. The quantitative estimate of drug-likeness (QED) is 0.650. The molecular formula is C14H22O3. The van der Waals surface area contributed by atoms with Crippen LogP contribution in [-0.2, 0) is 20.8 Å². The molecule has 0 radical (unpaired) electrons. The standard InChI is InChI=1S/C14H22O3/c1-4-15-11-12-8-7-9-13(10-12)14(16-5-2)17-6-3/h7-10,14H,4-6,11H2,1-3H3. The van der Waals surface area contributed by atoms with Crippen LogP contribution in [-0.4, -0.2) is 19.8 Å². The fourth-order valence-electron chi connectivity index (χ4n) is 1.59. The van der Waals surface area contributed by atoms with Crippen molar-refractivity contribution >= 4 is 0 Å². The van der Waals surface area contributed by atoms with E-state index in [1.165, 1.54) is 0 Å². The fraction of sp³-hybridized carbons (Fsp3) is 0.571. The van der Waals surface area contributed by atoms with Gasteiger partial charge in [0.05, 0.1) is 6.61 Å². The van der Waals surface area contributed by atoms with E-state index >= 15 is 0 Å². The lowest BCUT2D eigenvalue weighted by atomic mass is 10.1. The van der Waals surface area contributed by atoms with E-state index in [4.69, 9.17) is 14.2 Å². The topological polar surface area (TPSA) is 27.7 Å². The van der Waals surface area contributed by atoms with E-state index in [0.717, 1.165) is 17.7 Å². The predicted molar refractivity (Wildman–Crippen MR) is 67.8 cm³/mol. The van der Waals surface area contributed by atoms with Gasteiger partial charge < -0.3 is 14.2 Å². The van der Waals surface area contributed by atoms with Crippen molar-refractivity contribution in [3.05, 3.63) is 35.4 Å². The van der Waals surface area contributed by atoms with Crippen LogP contribution in [0, 0.1) is 0 Å². The average Bonchev–Trinajstić information content (AvgIpc) is 2.36. The second-order valence-electron chi connectivity index (χ2n) is 3.62. The molecule has 1 aromatic carbocycles. The van der Waals surface area contributed by atoms with Crippen LogP contribution in [0.1, 0.15) is 38.2 Å². The van der Waals surface area contributed by atoms with Crippen LogP contribution in [0.25, 0.3) is 0 Å². The van der Waals surface area contributed by atoms with Crippen LogP contribution in [0.4, 0.5) is 0 Å². The van der Waals surface area contributed by atoms with Crippen molar-refractivity contribution in [1.82, 2.24) is 0 Å². The SMILES string of the molecule is CCOCc1cccc(C(OCC)OCC)c1. The highest BCUT2D eigenvalue weighted by Crippen LogP contribution is 2.20. The largest absolute Gasteiger partial charge is 0.377 e. The molecule has 0 amide bonds. The molecule has 0 saturated heterocycles. The predicted octanol–water partition coefficient (Wildman–Crippen LogP) is 3.29. The molecule has 0 fully saturated rings. The van der Waals surface area contributed by atoms with E-state index in [2.05, 4.69) is 6.07 Å². The highest BCUT2D eigenvalue weighted by Gasteiger charge is 2.11. The average molecular weight is 238 g/mol. The Morgan fingerprint density at radius 1 is 1.00 bits per heavy atom. The Labute approximate surface area is 104 Å². The Bertz CT molecular complexity index is 306. The van der Waals surface area contributed by atoms with Crippen molar-refractivity contribution in [1.29, 1.82) is 0 Å². The Morgan fingerprint density at radius 3 is 2.29 bits per heavy atom. The van der Waals surface area contributed by atoms with Gasteiger partial charge in [0, 0.05) is 25.4 Å². The van der Waals surface area contributed by atoms with E-state index < -0.39 is 0 Å². The normalized spacial score (nSPS) is 11.1. The Kier molecular flexibility index (Phi) is 6.86. The third-order valence-corrected chi connectivity index (χ3v) is 2.33. The minimum absolute atomic E-state index is 0.272. The highest BCUT2D eigenvalue weighted by atomic mass is 16.7. The summed E-state index contributed by atoms with van der Waals surface area (Å²) in [4.78, 5) is 0. The summed E-state index contributed by atoms with van der Waals surface area (Å²) in [5, 5.41) is 0. The highest BCUT2D eigenvalue weighted by molar-refractivity contribution is 5.24. The maximum atomic E-state index is 5.56. The summed E-state index contributed by atoms with van der Waals surface area (Å²) in [6, 6.07) is 8.15. The summed E-state index contributed by atoms with van der Waals surface area (Å²) in [6.45, 7) is 8.57. The zero-order valence-corrected chi connectivity index (χ0v) is 10.9. The number of ether oxygens (including phenoxy) is 3. The third-order valence-electron chi connectivity index (χ3n) is 2.33. The van der Waals surface area contributed by atoms with E-state index in [1.807, 2.05) is 39.0 Å². The van der Waals surface area contributed by atoms with Gasteiger partial charge in [-0.25, -0.2) is 0 Å². The summed E-state index contributed by atoms with van der Waals surface area (Å²) in [5.41, 5.74) is 2.19. The maximum absolute atomic E-state index is 5.56. The van der Waals surface area contributed by atoms with Gasteiger partial charge in [0.1, 0.15) is 0 Å². The van der Waals surface area contributed by atoms with E-state index in [0.29, 0.717) is 19.8 Å². The van der Waals surface area contributed by atoms with Crippen LogP contribution in [0.5, 0.6) is 0 Å². The molecule has 3 nitrogen and oxygen atoms in total. The molecule has 0 atom stereocenters. The molecule has 0 spiro atoms. The molecule has 3 heteroatoms. The first-order chi connectivity index (χ1) is 8.31. The number of hydrogen-bond donors (Lipinski definition) is 0. The third kappa shape index (κ3) is 4.86. The molecule has 17 heavy (non-hydrogen) atoms. The van der Waals surface area contributed by atoms with Gasteiger partial charge in [-0.1, -0.05) is 18.2 Å².